The zero-order valence-electron chi connectivity index (χ0n) is 12.2. The minimum absolute atomic E-state index is 0.0421. The number of benzene rings is 1. The van der Waals surface area contributed by atoms with Crippen LogP contribution in [0, 0.1) is 13.8 Å². The second-order valence-electron chi connectivity index (χ2n) is 4.95. The van der Waals surface area contributed by atoms with E-state index in [0.717, 1.165) is 10.6 Å². The summed E-state index contributed by atoms with van der Waals surface area (Å²) in [6.07, 6.45) is 1.29. The number of thiazole rings is 1. The van der Waals surface area contributed by atoms with Crippen molar-refractivity contribution in [1.82, 2.24) is 9.38 Å². The topological polar surface area (TPSA) is 63.5 Å². The molecule has 8 heteroatoms. The molecular formula is C15H11Cl2N3O2S. The molecule has 0 saturated heterocycles. The molecule has 0 spiro atoms. The highest BCUT2D eigenvalue weighted by atomic mass is 35.5. The quantitative estimate of drug-likeness (QED) is 0.746. The molecular weight excluding hydrogens is 357 g/mol. The first-order valence-electron chi connectivity index (χ1n) is 6.62. The standard InChI is InChI=1S/C15H11Cl2N3O2S/c1-7-8(2)23-15-18-6-12(14(22)20(7)15)13(21)19-11-4-9(16)3-10(17)5-11/h3-6H,1-2H3,(H,19,21). The van der Waals surface area contributed by atoms with Crippen LogP contribution >= 0.6 is 34.5 Å². The number of hydrogen-bond donors (Lipinski definition) is 1. The molecule has 0 unspecified atom stereocenters. The van der Waals surface area contributed by atoms with Crippen molar-refractivity contribution >= 4 is 51.1 Å². The van der Waals surface area contributed by atoms with E-state index in [1.807, 2.05) is 13.8 Å². The van der Waals surface area contributed by atoms with Gasteiger partial charge in [0.05, 0.1) is 0 Å². The predicted molar refractivity (Wildman–Crippen MR) is 93.2 cm³/mol. The number of fused-ring (bicyclic) bond motifs is 1. The molecule has 1 amide bonds. The average molecular weight is 368 g/mol. The molecule has 0 aliphatic rings. The third kappa shape index (κ3) is 2.97. The molecule has 0 fully saturated rings. The second-order valence-corrected chi connectivity index (χ2v) is 7.01. The zero-order valence-corrected chi connectivity index (χ0v) is 14.5. The van der Waals surface area contributed by atoms with Gasteiger partial charge in [-0.3, -0.25) is 14.0 Å². The molecule has 2 aromatic heterocycles. The van der Waals surface area contributed by atoms with Crippen molar-refractivity contribution in [2.75, 3.05) is 5.32 Å². The van der Waals surface area contributed by atoms with Gasteiger partial charge in [-0.2, -0.15) is 0 Å². The van der Waals surface area contributed by atoms with Gasteiger partial charge in [-0.05, 0) is 32.0 Å². The molecule has 0 radical (unpaired) electrons. The molecule has 0 bridgehead atoms. The average Bonchev–Trinajstić information content (AvgIpc) is 2.73. The van der Waals surface area contributed by atoms with Crippen molar-refractivity contribution in [2.45, 2.75) is 13.8 Å². The normalized spacial score (nSPS) is 11.0. The SMILES string of the molecule is Cc1sc2ncc(C(=O)Nc3cc(Cl)cc(Cl)c3)c(=O)n2c1C. The maximum Gasteiger partial charge on any atom is 0.271 e. The third-order valence-electron chi connectivity index (χ3n) is 3.38. The summed E-state index contributed by atoms with van der Waals surface area (Å²) in [6.45, 7) is 3.72. The highest BCUT2D eigenvalue weighted by molar-refractivity contribution is 7.17. The molecule has 118 valence electrons. The van der Waals surface area contributed by atoms with Gasteiger partial charge >= 0.3 is 0 Å². The molecule has 2 heterocycles. The van der Waals surface area contributed by atoms with Crippen LogP contribution in [0.3, 0.4) is 0 Å². The Kier molecular flexibility index (Phi) is 4.14. The number of amides is 1. The number of anilines is 1. The van der Waals surface area contributed by atoms with E-state index in [0.29, 0.717) is 20.7 Å². The molecule has 0 saturated carbocycles. The van der Waals surface area contributed by atoms with Crippen LogP contribution < -0.4 is 10.9 Å². The maximum absolute atomic E-state index is 12.5. The van der Waals surface area contributed by atoms with Crippen molar-refractivity contribution in [2.24, 2.45) is 0 Å². The van der Waals surface area contributed by atoms with Crippen LogP contribution in [0.5, 0.6) is 0 Å². The van der Waals surface area contributed by atoms with Gasteiger partial charge in [-0.15, -0.1) is 11.3 Å². The van der Waals surface area contributed by atoms with E-state index in [4.69, 9.17) is 23.2 Å². The Morgan fingerprint density at radius 2 is 1.87 bits per heavy atom. The minimum atomic E-state index is -0.557. The van der Waals surface area contributed by atoms with Gasteiger partial charge in [0, 0.05) is 32.5 Å². The number of nitrogens with zero attached hydrogens (tertiary/aromatic N) is 2. The minimum Gasteiger partial charge on any atom is -0.322 e. The summed E-state index contributed by atoms with van der Waals surface area (Å²) in [7, 11) is 0. The number of rotatable bonds is 2. The number of aryl methyl sites for hydroxylation is 2. The van der Waals surface area contributed by atoms with Crippen LogP contribution in [0.25, 0.3) is 4.96 Å². The number of carbonyl (C=O) groups excluding carboxylic acids is 1. The molecule has 0 atom stereocenters. The summed E-state index contributed by atoms with van der Waals surface area (Å²) in [5.74, 6) is -0.557. The first-order chi connectivity index (χ1) is 10.9. The number of nitrogens with one attached hydrogen (secondary N) is 1. The van der Waals surface area contributed by atoms with Crippen molar-refractivity contribution in [3.8, 4) is 0 Å². The molecule has 3 aromatic rings. The molecule has 0 aliphatic carbocycles. The van der Waals surface area contributed by atoms with Crippen LogP contribution in [-0.2, 0) is 0 Å². The fraction of sp³-hybridized carbons (Fsp3) is 0.133. The number of carbonyl (C=O) groups is 1. The first-order valence-corrected chi connectivity index (χ1v) is 8.19. The van der Waals surface area contributed by atoms with Crippen LogP contribution in [-0.4, -0.2) is 15.3 Å². The highest BCUT2D eigenvalue weighted by Crippen LogP contribution is 2.23. The number of aromatic nitrogens is 2. The summed E-state index contributed by atoms with van der Waals surface area (Å²) >= 11 is 13.2. The van der Waals surface area contributed by atoms with Crippen molar-refractivity contribution < 1.29 is 4.79 Å². The molecule has 1 N–H and O–H groups in total. The monoisotopic (exact) mass is 367 g/mol. The third-order valence-corrected chi connectivity index (χ3v) is 4.89. The van der Waals surface area contributed by atoms with E-state index in [1.54, 1.807) is 18.2 Å². The van der Waals surface area contributed by atoms with E-state index in [1.165, 1.54) is 21.9 Å². The molecule has 3 rings (SSSR count). The molecule has 0 aliphatic heterocycles. The smallest absolute Gasteiger partial charge is 0.271 e. The van der Waals surface area contributed by atoms with Crippen molar-refractivity contribution in [3.05, 3.63) is 60.9 Å². The van der Waals surface area contributed by atoms with Gasteiger partial charge < -0.3 is 5.32 Å². The Balaban J connectivity index is 2.02. The Morgan fingerprint density at radius 1 is 1.22 bits per heavy atom. The van der Waals surface area contributed by atoms with Gasteiger partial charge in [-0.25, -0.2) is 4.98 Å². The zero-order chi connectivity index (χ0) is 16.7. The van der Waals surface area contributed by atoms with Crippen molar-refractivity contribution in [1.29, 1.82) is 0 Å². The highest BCUT2D eigenvalue weighted by Gasteiger charge is 2.17. The van der Waals surface area contributed by atoms with Gasteiger partial charge in [-0.1, -0.05) is 23.2 Å². The van der Waals surface area contributed by atoms with Crippen LogP contribution in [0.2, 0.25) is 10.0 Å². The largest absolute Gasteiger partial charge is 0.322 e. The van der Waals surface area contributed by atoms with Gasteiger partial charge in [0.15, 0.2) is 4.96 Å². The lowest BCUT2D eigenvalue weighted by molar-refractivity contribution is 0.102. The van der Waals surface area contributed by atoms with E-state index in [9.17, 15) is 9.59 Å². The summed E-state index contributed by atoms with van der Waals surface area (Å²) in [6, 6.07) is 4.66. The van der Waals surface area contributed by atoms with Crippen molar-refractivity contribution in [3.63, 3.8) is 0 Å². The molecule has 23 heavy (non-hydrogen) atoms. The summed E-state index contributed by atoms with van der Waals surface area (Å²) < 4.78 is 1.44. The Bertz CT molecular complexity index is 974. The summed E-state index contributed by atoms with van der Waals surface area (Å²) in [4.78, 5) is 30.6. The van der Waals surface area contributed by atoms with Gasteiger partial charge in [0.1, 0.15) is 5.56 Å². The Hall–Kier alpha value is -1.89. The van der Waals surface area contributed by atoms with E-state index >= 15 is 0 Å². The maximum atomic E-state index is 12.5. The lowest BCUT2D eigenvalue weighted by Crippen LogP contribution is -2.26. The van der Waals surface area contributed by atoms with Crippen LogP contribution in [0.4, 0.5) is 5.69 Å². The molecule has 1 aromatic carbocycles. The lowest BCUT2D eigenvalue weighted by atomic mass is 10.2. The Morgan fingerprint density at radius 3 is 2.52 bits per heavy atom. The fourth-order valence-electron chi connectivity index (χ4n) is 2.16. The number of hydrogen-bond acceptors (Lipinski definition) is 4. The summed E-state index contributed by atoms with van der Waals surface area (Å²) in [5, 5.41) is 3.40. The molecule has 5 nitrogen and oxygen atoms in total. The van der Waals surface area contributed by atoms with E-state index in [2.05, 4.69) is 10.3 Å². The van der Waals surface area contributed by atoms with Gasteiger partial charge in [0.2, 0.25) is 0 Å². The van der Waals surface area contributed by atoms with Crippen LogP contribution in [0.15, 0.2) is 29.2 Å². The number of halogens is 2. The van der Waals surface area contributed by atoms with E-state index in [-0.39, 0.29) is 5.56 Å². The van der Waals surface area contributed by atoms with E-state index < -0.39 is 11.5 Å². The Labute approximate surface area is 145 Å². The second kappa shape index (κ2) is 5.96. The predicted octanol–water partition coefficient (Wildman–Crippen LogP) is 3.93. The fourth-order valence-corrected chi connectivity index (χ4v) is 3.61. The lowest BCUT2D eigenvalue weighted by Gasteiger charge is -2.06. The first kappa shape index (κ1) is 16.0. The van der Waals surface area contributed by atoms with Crippen LogP contribution in [0.1, 0.15) is 20.9 Å². The van der Waals surface area contributed by atoms with Gasteiger partial charge in [0.25, 0.3) is 11.5 Å². The summed E-state index contributed by atoms with van der Waals surface area (Å²) in [5.41, 5.74) is 0.750.